The number of hydrogen-bond acceptors (Lipinski definition) is 5. The zero-order valence-corrected chi connectivity index (χ0v) is 14.1. The van der Waals surface area contributed by atoms with E-state index in [-0.39, 0.29) is 11.3 Å². The molecule has 1 saturated carbocycles. The number of aromatic nitrogens is 2. The smallest absolute Gasteiger partial charge is 0.157 e. The summed E-state index contributed by atoms with van der Waals surface area (Å²) in [6.07, 6.45) is 5.96. The number of ether oxygens (including phenoxy) is 1. The average molecular weight is 341 g/mol. The third kappa shape index (κ3) is 3.26. The molecule has 0 amide bonds. The van der Waals surface area contributed by atoms with Crippen molar-refractivity contribution in [3.05, 3.63) is 41.7 Å². The summed E-state index contributed by atoms with van der Waals surface area (Å²) in [5, 5.41) is 17.8. The molecule has 2 N–H and O–H groups in total. The summed E-state index contributed by atoms with van der Waals surface area (Å²) in [6, 6.07) is 7.60. The predicted molar refractivity (Wildman–Crippen MR) is 93.2 cm³/mol. The highest BCUT2D eigenvalue weighted by atomic mass is 16.5. The first kappa shape index (κ1) is 16.1. The molecule has 2 heterocycles. The number of aldehydes is 1. The first-order valence-electron chi connectivity index (χ1n) is 8.92. The van der Waals surface area contributed by atoms with E-state index < -0.39 is 0 Å². The molecule has 132 valence electrons. The Balaban J connectivity index is 1.51. The number of phenols is 1. The molecule has 2 aliphatic rings. The summed E-state index contributed by atoms with van der Waals surface area (Å²) < 4.78 is 8.12. The van der Waals surface area contributed by atoms with Crippen LogP contribution < -0.4 is 10.1 Å². The molecule has 0 bridgehead atoms. The lowest BCUT2D eigenvalue weighted by Gasteiger charge is -2.32. The minimum atomic E-state index is -0.0406. The number of nitrogens with zero attached hydrogens (tertiary/aromatic N) is 2. The molecule has 2 atom stereocenters. The molecule has 4 rings (SSSR count). The summed E-state index contributed by atoms with van der Waals surface area (Å²) in [6.45, 7) is 2.39. The van der Waals surface area contributed by atoms with Crippen molar-refractivity contribution in [2.45, 2.75) is 31.2 Å². The van der Waals surface area contributed by atoms with Gasteiger partial charge in [-0.2, -0.15) is 5.10 Å². The van der Waals surface area contributed by atoms with Gasteiger partial charge >= 0.3 is 0 Å². The van der Waals surface area contributed by atoms with Crippen molar-refractivity contribution in [2.75, 3.05) is 19.7 Å². The van der Waals surface area contributed by atoms with Gasteiger partial charge in [0.05, 0.1) is 18.2 Å². The monoisotopic (exact) mass is 341 g/mol. The summed E-state index contributed by atoms with van der Waals surface area (Å²) >= 11 is 0. The number of carbonyl (C=O) groups excluding carboxylic acids is 1. The SMILES string of the molecule is O=Cc1c(O)cccc1OCC1CCNCC1c1ccnn1C1CC1. The molecule has 2 fully saturated rings. The third-order valence-corrected chi connectivity index (χ3v) is 5.21. The second kappa shape index (κ2) is 6.88. The van der Waals surface area contributed by atoms with E-state index in [1.807, 2.05) is 6.20 Å². The van der Waals surface area contributed by atoms with Crippen LogP contribution in [0, 0.1) is 5.92 Å². The van der Waals surface area contributed by atoms with Crippen molar-refractivity contribution >= 4 is 6.29 Å². The Morgan fingerprint density at radius 3 is 3.00 bits per heavy atom. The Morgan fingerprint density at radius 1 is 1.32 bits per heavy atom. The molecule has 0 spiro atoms. The zero-order chi connectivity index (χ0) is 17.2. The van der Waals surface area contributed by atoms with Crippen molar-refractivity contribution in [3.63, 3.8) is 0 Å². The Morgan fingerprint density at radius 2 is 2.20 bits per heavy atom. The maximum Gasteiger partial charge on any atom is 0.157 e. The molecular weight excluding hydrogens is 318 g/mol. The Labute approximate surface area is 146 Å². The van der Waals surface area contributed by atoms with Crippen LogP contribution in [0.2, 0.25) is 0 Å². The lowest BCUT2D eigenvalue weighted by molar-refractivity contribution is 0.111. The Bertz CT molecular complexity index is 754. The highest BCUT2D eigenvalue weighted by Crippen LogP contribution is 2.39. The molecule has 6 heteroatoms. The van der Waals surface area contributed by atoms with Crippen LogP contribution in [-0.2, 0) is 0 Å². The zero-order valence-electron chi connectivity index (χ0n) is 14.1. The van der Waals surface area contributed by atoms with Gasteiger partial charge in [0.1, 0.15) is 11.5 Å². The molecule has 1 aliphatic carbocycles. The van der Waals surface area contributed by atoms with E-state index in [2.05, 4.69) is 21.2 Å². The number of hydrogen-bond donors (Lipinski definition) is 2. The molecule has 0 radical (unpaired) electrons. The van der Waals surface area contributed by atoms with E-state index in [0.29, 0.717) is 36.5 Å². The highest BCUT2D eigenvalue weighted by Gasteiger charge is 2.33. The van der Waals surface area contributed by atoms with Crippen molar-refractivity contribution in [1.82, 2.24) is 15.1 Å². The first-order valence-corrected chi connectivity index (χ1v) is 8.92. The topological polar surface area (TPSA) is 76.4 Å². The number of benzene rings is 1. The van der Waals surface area contributed by atoms with Gasteiger partial charge in [-0.15, -0.1) is 0 Å². The molecule has 6 nitrogen and oxygen atoms in total. The molecule has 2 aromatic rings. The van der Waals surface area contributed by atoms with Crippen LogP contribution in [-0.4, -0.2) is 40.9 Å². The predicted octanol–water partition coefficient (Wildman–Crippen LogP) is 2.51. The highest BCUT2D eigenvalue weighted by molar-refractivity contribution is 5.83. The molecule has 25 heavy (non-hydrogen) atoms. The molecule has 1 aromatic heterocycles. The minimum absolute atomic E-state index is 0.0406. The van der Waals surface area contributed by atoms with Crippen molar-refractivity contribution < 1.29 is 14.6 Å². The van der Waals surface area contributed by atoms with Gasteiger partial charge in [-0.3, -0.25) is 9.48 Å². The van der Waals surface area contributed by atoms with Gasteiger partial charge in [0.15, 0.2) is 6.29 Å². The second-order valence-electron chi connectivity index (χ2n) is 6.91. The van der Waals surface area contributed by atoms with Crippen molar-refractivity contribution in [2.24, 2.45) is 5.92 Å². The van der Waals surface area contributed by atoms with Gasteiger partial charge < -0.3 is 15.2 Å². The number of carbonyl (C=O) groups is 1. The number of rotatable bonds is 6. The van der Waals surface area contributed by atoms with E-state index in [9.17, 15) is 9.90 Å². The quantitative estimate of drug-likeness (QED) is 0.790. The summed E-state index contributed by atoms with van der Waals surface area (Å²) in [7, 11) is 0. The summed E-state index contributed by atoms with van der Waals surface area (Å²) in [5.41, 5.74) is 1.49. The summed E-state index contributed by atoms with van der Waals surface area (Å²) in [5.74, 6) is 1.09. The van der Waals surface area contributed by atoms with E-state index in [0.717, 1.165) is 19.5 Å². The van der Waals surface area contributed by atoms with Crippen LogP contribution in [0.1, 0.15) is 47.3 Å². The average Bonchev–Trinajstić information content (AvgIpc) is 3.37. The molecule has 1 saturated heterocycles. The number of phenolic OH excluding ortho intramolecular Hbond substituents is 1. The first-order chi connectivity index (χ1) is 12.3. The van der Waals surface area contributed by atoms with Crippen LogP contribution in [0.15, 0.2) is 30.5 Å². The van der Waals surface area contributed by atoms with Crippen LogP contribution in [0.5, 0.6) is 11.5 Å². The minimum Gasteiger partial charge on any atom is -0.507 e. The van der Waals surface area contributed by atoms with Gasteiger partial charge in [0, 0.05) is 30.3 Å². The fourth-order valence-corrected chi connectivity index (χ4v) is 3.67. The standard InChI is InChI=1S/C19H23N3O3/c23-11-16-18(24)2-1-3-19(16)25-12-13-6-8-20-10-15(13)17-7-9-21-22(17)14-4-5-14/h1-3,7,9,11,13-15,20,24H,4-6,8,10,12H2. The van der Waals surface area contributed by atoms with Crippen LogP contribution in [0.3, 0.4) is 0 Å². The largest absolute Gasteiger partial charge is 0.507 e. The van der Waals surface area contributed by atoms with E-state index in [1.165, 1.54) is 24.6 Å². The van der Waals surface area contributed by atoms with E-state index >= 15 is 0 Å². The molecular formula is C19H23N3O3. The van der Waals surface area contributed by atoms with E-state index in [4.69, 9.17) is 4.74 Å². The Kier molecular flexibility index (Phi) is 4.44. The van der Waals surface area contributed by atoms with Crippen molar-refractivity contribution in [3.8, 4) is 11.5 Å². The Hall–Kier alpha value is -2.34. The van der Waals surface area contributed by atoms with Crippen LogP contribution >= 0.6 is 0 Å². The normalized spacial score (nSPS) is 23.4. The van der Waals surface area contributed by atoms with Crippen molar-refractivity contribution in [1.29, 1.82) is 0 Å². The van der Waals surface area contributed by atoms with Gasteiger partial charge in [-0.05, 0) is 44.0 Å². The number of piperidine rings is 1. The third-order valence-electron chi connectivity index (χ3n) is 5.21. The fraction of sp³-hybridized carbons (Fsp3) is 0.474. The van der Waals surface area contributed by atoms with Gasteiger partial charge in [-0.1, -0.05) is 6.07 Å². The fourth-order valence-electron chi connectivity index (χ4n) is 3.67. The van der Waals surface area contributed by atoms with Gasteiger partial charge in [0.2, 0.25) is 0 Å². The number of nitrogens with one attached hydrogen (secondary N) is 1. The van der Waals surface area contributed by atoms with Gasteiger partial charge in [0.25, 0.3) is 0 Å². The molecule has 2 unspecified atom stereocenters. The lowest BCUT2D eigenvalue weighted by Crippen LogP contribution is -2.38. The van der Waals surface area contributed by atoms with E-state index in [1.54, 1.807) is 12.1 Å². The molecule has 1 aliphatic heterocycles. The second-order valence-corrected chi connectivity index (χ2v) is 6.91. The van der Waals surface area contributed by atoms with Gasteiger partial charge in [-0.25, -0.2) is 0 Å². The maximum atomic E-state index is 11.2. The number of aromatic hydroxyl groups is 1. The van der Waals surface area contributed by atoms with Crippen LogP contribution in [0.4, 0.5) is 0 Å². The lowest BCUT2D eigenvalue weighted by atomic mass is 9.84. The maximum absolute atomic E-state index is 11.2. The van der Waals surface area contributed by atoms with Crippen LogP contribution in [0.25, 0.3) is 0 Å². The molecule has 1 aromatic carbocycles. The summed E-state index contributed by atoms with van der Waals surface area (Å²) in [4.78, 5) is 11.2.